The van der Waals surface area contributed by atoms with E-state index < -0.39 is 0 Å². The Labute approximate surface area is 538 Å². The number of hydrogen-bond acceptors (Lipinski definition) is 1. The zero-order valence-corrected chi connectivity index (χ0v) is 51.8. The highest BCUT2D eigenvalue weighted by atomic mass is 16.3. The Hall–Kier alpha value is -12.0. The number of rotatable bonds is 5. The lowest BCUT2D eigenvalue weighted by atomic mass is 9.84. The van der Waals surface area contributed by atoms with E-state index >= 15 is 0 Å². The summed E-state index contributed by atoms with van der Waals surface area (Å²) in [4.78, 5) is 0. The van der Waals surface area contributed by atoms with Crippen molar-refractivity contribution in [1.29, 1.82) is 0 Å². The lowest BCUT2D eigenvalue weighted by Gasteiger charge is -2.19. The number of hydrogen-bond donors (Lipinski definition) is 0. The van der Waals surface area contributed by atoms with Crippen molar-refractivity contribution >= 4 is 158 Å². The maximum Gasteiger partial charge on any atom is 0.143 e. The molecule has 7 aromatic heterocycles. The minimum Gasteiger partial charge on any atom is -0.455 e. The highest BCUT2D eigenvalue weighted by Gasteiger charge is 2.29. The van der Waals surface area contributed by atoms with E-state index in [0.29, 0.717) is 0 Å². The summed E-state index contributed by atoms with van der Waals surface area (Å²) in [5, 5.41) is 22.4. The molecule has 0 amide bonds. The van der Waals surface area contributed by atoms with Crippen molar-refractivity contribution in [3.05, 3.63) is 285 Å². The Balaban J connectivity index is 0.822. The van der Waals surface area contributed by atoms with Gasteiger partial charge >= 0.3 is 0 Å². The molecule has 7 heterocycles. The number of benzene rings is 15. The topological polar surface area (TPSA) is 26.4 Å². The maximum atomic E-state index is 6.72. The van der Waals surface area contributed by atoms with Crippen LogP contribution in [0.3, 0.4) is 0 Å². The van der Waals surface area contributed by atoms with E-state index in [1.807, 2.05) is 0 Å². The van der Waals surface area contributed by atoms with Gasteiger partial charge in [0.2, 0.25) is 0 Å². The van der Waals surface area contributed by atoms with Gasteiger partial charge in [0.1, 0.15) is 11.2 Å². The van der Waals surface area contributed by atoms with Gasteiger partial charge in [-0.2, -0.15) is 0 Å². The molecule has 0 aliphatic heterocycles. The van der Waals surface area contributed by atoms with E-state index in [1.165, 1.54) is 186 Å². The van der Waals surface area contributed by atoms with E-state index in [0.717, 1.165) is 33.1 Å². The van der Waals surface area contributed by atoms with Crippen molar-refractivity contribution in [3.63, 3.8) is 0 Å². The van der Waals surface area contributed by atoms with Gasteiger partial charge in [0.25, 0.3) is 0 Å². The molecule has 94 heavy (non-hydrogen) atoms. The van der Waals surface area contributed by atoms with Gasteiger partial charge in [0, 0.05) is 81.0 Å². The number of para-hydroxylation sites is 4. The van der Waals surface area contributed by atoms with Gasteiger partial charge < -0.3 is 17.6 Å². The van der Waals surface area contributed by atoms with Crippen LogP contribution in [0.2, 0.25) is 0 Å². The van der Waals surface area contributed by atoms with Gasteiger partial charge in [-0.1, -0.05) is 209 Å². The Kier molecular flexibility index (Phi) is 9.69. The number of furan rings is 1. The quantitative estimate of drug-likeness (QED) is 0.158. The van der Waals surface area contributed by atoms with Crippen LogP contribution >= 0.6 is 0 Å². The normalized spacial score (nSPS) is 12.8. The first-order valence-corrected chi connectivity index (χ1v) is 32.9. The molecule has 0 aliphatic carbocycles. The van der Waals surface area contributed by atoms with Crippen molar-refractivity contribution in [2.24, 2.45) is 0 Å². The monoisotopic (exact) mass is 1190 g/mol. The largest absolute Gasteiger partial charge is 0.455 e. The SMILES string of the molecule is CC(C)(C)c1cc2c3ccccc3n3c4cccc(-c5cccc6c5c5cc(-c7c8ccccc8c(-c8ccccc8)c8ccccc78)cc7c8cc(-c9ccc%10c(c9)c9cc(-c%11cccc%12c%11oc%11ccccc%11%12)cc%11c%12ccccc%12n%10c%119)ccc8n6c75)c4c(c1)c23. The van der Waals surface area contributed by atoms with Gasteiger partial charge in [0.05, 0.1) is 49.7 Å². The van der Waals surface area contributed by atoms with Crippen molar-refractivity contribution < 1.29 is 4.42 Å². The van der Waals surface area contributed by atoms with Gasteiger partial charge in [-0.25, -0.2) is 0 Å². The fraction of sp³-hybridized carbons (Fsp3) is 0.0444. The summed E-state index contributed by atoms with van der Waals surface area (Å²) in [7, 11) is 0. The summed E-state index contributed by atoms with van der Waals surface area (Å²) in [5.74, 6) is 0. The number of aromatic nitrogens is 3. The van der Waals surface area contributed by atoms with Crippen LogP contribution in [-0.2, 0) is 5.41 Å². The Bertz CT molecular complexity index is 7000. The molecule has 22 rings (SSSR count). The van der Waals surface area contributed by atoms with E-state index in [1.54, 1.807) is 0 Å². The molecule has 0 saturated carbocycles. The lowest BCUT2D eigenvalue weighted by molar-refractivity contribution is 0.592. The Morgan fingerprint density at radius 3 is 1.21 bits per heavy atom. The molecule has 4 heteroatoms. The zero-order valence-electron chi connectivity index (χ0n) is 51.8. The molecule has 436 valence electrons. The van der Waals surface area contributed by atoms with Gasteiger partial charge in [-0.15, -0.1) is 0 Å². The van der Waals surface area contributed by atoms with Crippen LogP contribution in [0.25, 0.3) is 213 Å². The zero-order chi connectivity index (χ0) is 61.6. The van der Waals surface area contributed by atoms with Gasteiger partial charge in [-0.3, -0.25) is 0 Å². The molecular weight excluding hydrogens is 1140 g/mol. The fourth-order valence-corrected chi connectivity index (χ4v) is 17.5. The van der Waals surface area contributed by atoms with Crippen LogP contribution in [0.4, 0.5) is 0 Å². The Morgan fingerprint density at radius 1 is 0.245 bits per heavy atom. The molecule has 0 saturated heterocycles. The van der Waals surface area contributed by atoms with Crippen LogP contribution in [0.5, 0.6) is 0 Å². The summed E-state index contributed by atoms with van der Waals surface area (Å²) in [5.41, 5.74) is 26.2. The molecule has 4 nitrogen and oxygen atoms in total. The van der Waals surface area contributed by atoms with Crippen LogP contribution in [0.1, 0.15) is 26.3 Å². The summed E-state index contributed by atoms with van der Waals surface area (Å²) >= 11 is 0. The summed E-state index contributed by atoms with van der Waals surface area (Å²) in [6.45, 7) is 7.04. The summed E-state index contributed by atoms with van der Waals surface area (Å²) in [6, 6.07) is 105. The number of nitrogens with zero attached hydrogens (tertiary/aromatic N) is 3. The van der Waals surface area contributed by atoms with Gasteiger partial charge in [-0.05, 0) is 174 Å². The first-order valence-electron chi connectivity index (χ1n) is 32.9. The minimum atomic E-state index is -0.0572. The van der Waals surface area contributed by atoms with Crippen molar-refractivity contribution in [2.45, 2.75) is 26.2 Å². The van der Waals surface area contributed by atoms with Crippen LogP contribution in [0, 0.1) is 0 Å². The second-order valence-corrected chi connectivity index (χ2v) is 27.4. The molecule has 15 aromatic carbocycles. The lowest BCUT2D eigenvalue weighted by Crippen LogP contribution is -2.10. The first-order chi connectivity index (χ1) is 46.3. The standard InChI is InChI=1S/C90H55N3O/c1-90(2,3)55-48-72-58-23-12-15-34-76(58)92-80-36-19-31-65(85(80)74(49-55)88(72)92)64-30-18-35-79-84(64)73-47-54(83-62-27-9-7-25-60(62)82(50-20-5-4-6-21-50)61-26-8-10-28-63(61)83)46-71-68-43-52(39-41-78(68)93(79)87(71)73)51-38-40-77-67(42-51)70-45-53(44-69-57-22-11-14-33-75(57)91(77)86(69)70)56-29-17-32-66-59-24-13-16-37-81(59)94-89(56)66/h4-49H,1-3H3. The number of fused-ring (bicyclic) bond motifs is 23. The molecule has 22 aromatic rings. The molecule has 0 atom stereocenters. The van der Waals surface area contributed by atoms with E-state index in [4.69, 9.17) is 4.42 Å². The molecule has 0 fully saturated rings. The second kappa shape index (κ2) is 17.9. The molecule has 0 aliphatic rings. The minimum absolute atomic E-state index is 0.0572. The van der Waals surface area contributed by atoms with Crippen molar-refractivity contribution in [3.8, 4) is 55.6 Å². The molecule has 0 radical (unpaired) electrons. The molecule has 0 spiro atoms. The van der Waals surface area contributed by atoms with Crippen LogP contribution in [-0.4, -0.2) is 13.2 Å². The third-order valence-corrected chi connectivity index (χ3v) is 21.5. The fourth-order valence-electron chi connectivity index (χ4n) is 17.5. The van der Waals surface area contributed by atoms with Crippen LogP contribution in [0.15, 0.2) is 283 Å². The van der Waals surface area contributed by atoms with E-state index in [-0.39, 0.29) is 5.41 Å². The maximum absolute atomic E-state index is 6.72. The van der Waals surface area contributed by atoms with Gasteiger partial charge in [0.15, 0.2) is 0 Å². The third-order valence-electron chi connectivity index (χ3n) is 21.5. The summed E-state index contributed by atoms with van der Waals surface area (Å²) in [6.07, 6.45) is 0. The molecule has 0 unspecified atom stereocenters. The summed E-state index contributed by atoms with van der Waals surface area (Å²) < 4.78 is 14.3. The average Bonchev–Trinajstić information content (AvgIpc) is 1.53. The smallest absolute Gasteiger partial charge is 0.143 e. The Morgan fingerprint density at radius 2 is 0.628 bits per heavy atom. The molecular formula is C90H55N3O. The van der Waals surface area contributed by atoms with E-state index in [2.05, 4.69) is 313 Å². The third kappa shape index (κ3) is 6.51. The highest BCUT2D eigenvalue weighted by molar-refractivity contribution is 6.33. The average molecular weight is 1190 g/mol. The molecule has 0 bridgehead atoms. The molecule has 0 N–H and O–H groups in total. The van der Waals surface area contributed by atoms with Crippen molar-refractivity contribution in [2.75, 3.05) is 0 Å². The predicted molar refractivity (Wildman–Crippen MR) is 399 cm³/mol. The van der Waals surface area contributed by atoms with Crippen molar-refractivity contribution in [1.82, 2.24) is 13.2 Å². The first kappa shape index (κ1) is 50.7. The second-order valence-electron chi connectivity index (χ2n) is 27.4. The predicted octanol–water partition coefficient (Wildman–Crippen LogP) is 25.0. The van der Waals surface area contributed by atoms with E-state index in [9.17, 15) is 0 Å². The van der Waals surface area contributed by atoms with Crippen LogP contribution < -0.4 is 0 Å². The highest BCUT2D eigenvalue weighted by Crippen LogP contribution is 2.53.